The number of amides is 1. The number of imidazole rings is 1. The van der Waals surface area contributed by atoms with Gasteiger partial charge in [-0.1, -0.05) is 18.2 Å². The lowest BCUT2D eigenvalue weighted by molar-refractivity contribution is 0.0486. The SMILES string of the molecule is O=C(NCC1(c2ccc3c(c2)OCO3)CCOCC1)c1cccc(OCc2cn3ccccc3n2)c1. The lowest BCUT2D eigenvalue weighted by Crippen LogP contribution is -2.44. The minimum absolute atomic E-state index is 0.139. The molecule has 4 heterocycles. The van der Waals surface area contributed by atoms with Gasteiger partial charge in [-0.25, -0.2) is 4.98 Å². The molecule has 2 aliphatic heterocycles. The van der Waals surface area contributed by atoms with Gasteiger partial charge in [0.05, 0.1) is 5.69 Å². The van der Waals surface area contributed by atoms with Crippen molar-refractivity contribution in [3.8, 4) is 17.2 Å². The van der Waals surface area contributed by atoms with Crippen molar-refractivity contribution in [1.29, 1.82) is 0 Å². The van der Waals surface area contributed by atoms with Gasteiger partial charge in [-0.2, -0.15) is 0 Å². The number of nitrogens with one attached hydrogen (secondary N) is 1. The molecule has 0 spiro atoms. The fourth-order valence-corrected chi connectivity index (χ4v) is 4.85. The molecule has 1 amide bonds. The van der Waals surface area contributed by atoms with E-state index in [0.29, 0.717) is 37.7 Å². The molecule has 0 saturated carbocycles. The maximum Gasteiger partial charge on any atom is 0.251 e. The van der Waals surface area contributed by atoms with Crippen molar-refractivity contribution < 1.29 is 23.7 Å². The van der Waals surface area contributed by atoms with Crippen LogP contribution in [0.25, 0.3) is 5.65 Å². The molecule has 0 unspecified atom stereocenters. The largest absolute Gasteiger partial charge is 0.487 e. The van der Waals surface area contributed by atoms with Crippen LogP contribution in [-0.2, 0) is 16.8 Å². The Morgan fingerprint density at radius 2 is 1.92 bits per heavy atom. The summed E-state index contributed by atoms with van der Waals surface area (Å²) >= 11 is 0. The lowest BCUT2D eigenvalue weighted by atomic mass is 9.74. The molecular weight excluding hydrogens is 458 g/mol. The summed E-state index contributed by atoms with van der Waals surface area (Å²) in [7, 11) is 0. The number of carbonyl (C=O) groups is 1. The molecule has 6 rings (SSSR count). The minimum atomic E-state index is -0.230. The minimum Gasteiger partial charge on any atom is -0.487 e. The third-order valence-electron chi connectivity index (χ3n) is 6.92. The molecule has 2 aromatic carbocycles. The van der Waals surface area contributed by atoms with Crippen LogP contribution < -0.4 is 19.5 Å². The van der Waals surface area contributed by atoms with Gasteiger partial charge in [0.15, 0.2) is 11.5 Å². The number of pyridine rings is 1. The van der Waals surface area contributed by atoms with Crippen LogP contribution in [-0.4, -0.2) is 41.8 Å². The molecule has 0 atom stereocenters. The van der Waals surface area contributed by atoms with Crippen LogP contribution in [0.2, 0.25) is 0 Å². The molecule has 1 N–H and O–H groups in total. The highest BCUT2D eigenvalue weighted by atomic mass is 16.7. The highest BCUT2D eigenvalue weighted by Gasteiger charge is 2.36. The third kappa shape index (κ3) is 4.47. The van der Waals surface area contributed by atoms with Crippen LogP contribution in [0.5, 0.6) is 17.2 Å². The van der Waals surface area contributed by atoms with E-state index in [1.54, 1.807) is 12.1 Å². The topological polar surface area (TPSA) is 83.3 Å². The maximum atomic E-state index is 13.1. The van der Waals surface area contributed by atoms with Crippen LogP contribution in [0.15, 0.2) is 73.1 Å². The first-order valence-electron chi connectivity index (χ1n) is 12.1. The zero-order valence-corrected chi connectivity index (χ0v) is 19.8. The van der Waals surface area contributed by atoms with Crippen LogP contribution in [0.3, 0.4) is 0 Å². The van der Waals surface area contributed by atoms with Gasteiger partial charge in [0, 0.05) is 43.1 Å². The molecule has 36 heavy (non-hydrogen) atoms. The molecule has 8 nitrogen and oxygen atoms in total. The predicted molar refractivity (Wildman–Crippen MR) is 133 cm³/mol. The van der Waals surface area contributed by atoms with Crippen LogP contribution >= 0.6 is 0 Å². The second-order valence-corrected chi connectivity index (χ2v) is 9.16. The maximum absolute atomic E-state index is 13.1. The average molecular weight is 486 g/mol. The van der Waals surface area contributed by atoms with Crippen LogP contribution in [0.1, 0.15) is 34.5 Å². The molecule has 4 aromatic rings. The number of ether oxygens (including phenoxy) is 4. The second kappa shape index (κ2) is 9.54. The van der Waals surface area contributed by atoms with Gasteiger partial charge in [0.25, 0.3) is 5.91 Å². The Kier molecular flexibility index (Phi) is 5.95. The van der Waals surface area contributed by atoms with Crippen molar-refractivity contribution in [1.82, 2.24) is 14.7 Å². The number of benzene rings is 2. The first-order chi connectivity index (χ1) is 17.7. The van der Waals surface area contributed by atoms with E-state index in [1.165, 1.54) is 0 Å². The first-order valence-corrected chi connectivity index (χ1v) is 12.1. The van der Waals surface area contributed by atoms with Crippen molar-refractivity contribution in [2.24, 2.45) is 0 Å². The number of nitrogens with zero attached hydrogens (tertiary/aromatic N) is 2. The summed E-state index contributed by atoms with van der Waals surface area (Å²) < 4.78 is 24.6. The molecule has 2 aromatic heterocycles. The monoisotopic (exact) mass is 485 g/mol. The molecule has 0 bridgehead atoms. The Morgan fingerprint density at radius 1 is 1.03 bits per heavy atom. The summed E-state index contributed by atoms with van der Waals surface area (Å²) in [6.45, 7) is 2.36. The molecule has 8 heteroatoms. The number of carbonyl (C=O) groups excluding carboxylic acids is 1. The molecule has 0 aliphatic carbocycles. The Hall–Kier alpha value is -4.04. The Morgan fingerprint density at radius 3 is 2.81 bits per heavy atom. The van der Waals surface area contributed by atoms with E-state index >= 15 is 0 Å². The van der Waals surface area contributed by atoms with E-state index in [4.69, 9.17) is 18.9 Å². The first kappa shape index (κ1) is 22.4. The molecule has 1 saturated heterocycles. The quantitative estimate of drug-likeness (QED) is 0.424. The van der Waals surface area contributed by atoms with Gasteiger partial charge in [0.2, 0.25) is 6.79 Å². The Balaban J connectivity index is 1.14. The number of hydrogen-bond acceptors (Lipinski definition) is 6. The highest BCUT2D eigenvalue weighted by Crippen LogP contribution is 2.40. The summed E-state index contributed by atoms with van der Waals surface area (Å²) in [4.78, 5) is 17.7. The average Bonchev–Trinajstić information content (AvgIpc) is 3.57. The van der Waals surface area contributed by atoms with Crippen LogP contribution in [0.4, 0.5) is 0 Å². The molecule has 0 radical (unpaired) electrons. The van der Waals surface area contributed by atoms with Crippen molar-refractivity contribution in [2.75, 3.05) is 26.6 Å². The lowest BCUT2D eigenvalue weighted by Gasteiger charge is -2.38. The van der Waals surface area contributed by atoms with Gasteiger partial charge in [-0.3, -0.25) is 4.79 Å². The number of hydrogen-bond donors (Lipinski definition) is 1. The van der Waals surface area contributed by atoms with Crippen LogP contribution in [0, 0.1) is 0 Å². The number of rotatable bonds is 7. The van der Waals surface area contributed by atoms with E-state index in [0.717, 1.165) is 41.2 Å². The number of fused-ring (bicyclic) bond motifs is 2. The van der Waals surface area contributed by atoms with E-state index in [-0.39, 0.29) is 18.1 Å². The number of aromatic nitrogens is 2. The summed E-state index contributed by atoms with van der Waals surface area (Å²) in [6.07, 6.45) is 5.52. The Bertz CT molecular complexity index is 1360. The Labute approximate surface area is 208 Å². The zero-order valence-electron chi connectivity index (χ0n) is 19.8. The molecular formula is C28H27N3O5. The summed E-state index contributed by atoms with van der Waals surface area (Å²) in [5, 5.41) is 3.16. The van der Waals surface area contributed by atoms with Gasteiger partial charge in [-0.05, 0) is 60.9 Å². The van der Waals surface area contributed by atoms with Crippen molar-refractivity contribution in [3.05, 3.63) is 89.9 Å². The van der Waals surface area contributed by atoms with Crippen molar-refractivity contribution >= 4 is 11.6 Å². The summed E-state index contributed by atoms with van der Waals surface area (Å²) in [5.74, 6) is 1.99. The van der Waals surface area contributed by atoms with Crippen molar-refractivity contribution in [2.45, 2.75) is 24.9 Å². The molecule has 184 valence electrons. The van der Waals surface area contributed by atoms with Gasteiger partial charge < -0.3 is 28.7 Å². The molecule has 2 aliphatic rings. The van der Waals surface area contributed by atoms with E-state index < -0.39 is 0 Å². The zero-order chi connectivity index (χ0) is 24.4. The highest BCUT2D eigenvalue weighted by molar-refractivity contribution is 5.94. The third-order valence-corrected chi connectivity index (χ3v) is 6.92. The van der Waals surface area contributed by atoms with E-state index in [2.05, 4.69) is 16.4 Å². The van der Waals surface area contributed by atoms with Gasteiger partial charge >= 0.3 is 0 Å². The van der Waals surface area contributed by atoms with E-state index in [1.807, 2.05) is 59.3 Å². The van der Waals surface area contributed by atoms with Crippen molar-refractivity contribution in [3.63, 3.8) is 0 Å². The normalized spacial score (nSPS) is 16.1. The second-order valence-electron chi connectivity index (χ2n) is 9.16. The fourth-order valence-electron chi connectivity index (χ4n) is 4.85. The standard InChI is InChI=1S/C28H27N3O5/c32-27(20-4-3-5-23(14-20)34-17-22-16-31-11-2-1-6-26(31)30-22)29-18-28(9-12-33-13-10-28)21-7-8-24-25(15-21)36-19-35-24/h1-8,11,14-16H,9-10,12-13,17-19H2,(H,29,32). The fraction of sp³-hybridized carbons (Fsp3) is 0.286. The van der Waals surface area contributed by atoms with Gasteiger partial charge in [-0.15, -0.1) is 0 Å². The summed E-state index contributed by atoms with van der Waals surface area (Å²) in [5.41, 5.74) is 3.14. The smallest absolute Gasteiger partial charge is 0.251 e. The summed E-state index contributed by atoms with van der Waals surface area (Å²) in [6, 6.07) is 19.1. The predicted octanol–water partition coefficient (Wildman–Crippen LogP) is 4.12. The van der Waals surface area contributed by atoms with E-state index in [9.17, 15) is 4.79 Å². The molecule has 1 fully saturated rings. The van der Waals surface area contributed by atoms with Gasteiger partial charge in [0.1, 0.15) is 18.0 Å².